The Morgan fingerprint density at radius 1 is 1.69 bits per heavy atom. The molecule has 1 aromatic rings. The second kappa shape index (κ2) is 4.33. The van der Waals surface area contributed by atoms with E-state index in [9.17, 15) is 9.90 Å². The molecule has 5 heteroatoms. The second-order valence-corrected chi connectivity index (χ2v) is 5.24. The molecule has 0 radical (unpaired) electrons. The highest BCUT2D eigenvalue weighted by Crippen LogP contribution is 2.46. The first-order valence-electron chi connectivity index (χ1n) is 5.13. The zero-order chi connectivity index (χ0) is 11.6. The molecule has 0 saturated heterocycles. The Labute approximate surface area is 98.5 Å². The third-order valence-electron chi connectivity index (χ3n) is 2.86. The largest absolute Gasteiger partial charge is 0.505 e. The lowest BCUT2D eigenvalue weighted by Gasteiger charge is -2.13. The number of nitrogens with zero attached hydrogens (tertiary/aromatic N) is 1. The molecule has 1 aromatic heterocycles. The molecule has 1 heterocycles. The van der Waals surface area contributed by atoms with Gasteiger partial charge in [-0.1, -0.05) is 0 Å². The first-order chi connectivity index (χ1) is 7.67. The van der Waals surface area contributed by atoms with Gasteiger partial charge in [0, 0.05) is 17.5 Å². The van der Waals surface area contributed by atoms with Crippen LogP contribution in [-0.4, -0.2) is 33.5 Å². The van der Waals surface area contributed by atoms with Crippen molar-refractivity contribution in [2.75, 3.05) is 12.8 Å². The number of hydrogen-bond acceptors (Lipinski definition) is 4. The molecule has 1 amide bonds. The van der Waals surface area contributed by atoms with Crippen LogP contribution in [0.15, 0.2) is 18.5 Å². The maximum Gasteiger partial charge on any atom is 0.255 e. The van der Waals surface area contributed by atoms with Crippen LogP contribution in [-0.2, 0) is 0 Å². The Morgan fingerprint density at radius 2 is 2.44 bits per heavy atom. The van der Waals surface area contributed by atoms with Gasteiger partial charge in [0.25, 0.3) is 5.91 Å². The fraction of sp³-hybridized carbons (Fsp3) is 0.455. The zero-order valence-corrected chi connectivity index (χ0v) is 9.88. The van der Waals surface area contributed by atoms with Gasteiger partial charge in [-0.05, 0) is 25.2 Å². The number of carbonyl (C=O) groups excluding carboxylic acids is 1. The quantitative estimate of drug-likeness (QED) is 0.832. The van der Waals surface area contributed by atoms with Crippen LogP contribution in [0.2, 0.25) is 0 Å². The molecule has 4 nitrogen and oxygen atoms in total. The van der Waals surface area contributed by atoms with Gasteiger partial charge in [-0.2, -0.15) is 11.8 Å². The van der Waals surface area contributed by atoms with Crippen molar-refractivity contribution >= 4 is 17.7 Å². The fourth-order valence-corrected chi connectivity index (χ4v) is 2.23. The van der Waals surface area contributed by atoms with Gasteiger partial charge in [0.15, 0.2) is 0 Å². The summed E-state index contributed by atoms with van der Waals surface area (Å²) in [5.41, 5.74) is 0.284. The van der Waals surface area contributed by atoms with E-state index in [0.29, 0.717) is 6.54 Å². The molecule has 2 rings (SSSR count). The zero-order valence-electron chi connectivity index (χ0n) is 9.06. The molecule has 2 N–H and O–H groups in total. The maximum atomic E-state index is 11.7. The number of hydrogen-bond donors (Lipinski definition) is 2. The molecular weight excluding hydrogens is 224 g/mol. The third-order valence-corrected chi connectivity index (χ3v) is 4.28. The molecular formula is C11H14N2O2S. The molecule has 0 spiro atoms. The van der Waals surface area contributed by atoms with E-state index in [2.05, 4.69) is 16.6 Å². The van der Waals surface area contributed by atoms with E-state index in [-0.39, 0.29) is 22.0 Å². The highest BCUT2D eigenvalue weighted by molar-refractivity contribution is 8.00. The minimum absolute atomic E-state index is 0.0750. The number of nitrogens with one attached hydrogen (secondary N) is 1. The van der Waals surface area contributed by atoms with E-state index in [1.165, 1.54) is 18.5 Å². The van der Waals surface area contributed by atoms with Crippen LogP contribution in [0.1, 0.15) is 23.2 Å². The predicted molar refractivity (Wildman–Crippen MR) is 63.7 cm³/mol. The fourth-order valence-electron chi connectivity index (χ4n) is 1.51. The maximum absolute atomic E-state index is 11.7. The van der Waals surface area contributed by atoms with Gasteiger partial charge in [-0.15, -0.1) is 0 Å². The van der Waals surface area contributed by atoms with Crippen LogP contribution in [0.4, 0.5) is 0 Å². The van der Waals surface area contributed by atoms with Gasteiger partial charge in [0.1, 0.15) is 5.75 Å². The van der Waals surface area contributed by atoms with Crippen LogP contribution in [0.5, 0.6) is 5.75 Å². The Kier molecular flexibility index (Phi) is 3.05. The molecule has 1 aliphatic rings. The summed E-state index contributed by atoms with van der Waals surface area (Å²) in [6, 6.07) is 1.52. The van der Waals surface area contributed by atoms with Crippen molar-refractivity contribution in [3.05, 3.63) is 24.0 Å². The van der Waals surface area contributed by atoms with Gasteiger partial charge in [0.2, 0.25) is 0 Å². The number of pyridine rings is 1. The topological polar surface area (TPSA) is 62.2 Å². The van der Waals surface area contributed by atoms with Gasteiger partial charge in [0.05, 0.1) is 11.8 Å². The monoisotopic (exact) mass is 238 g/mol. The van der Waals surface area contributed by atoms with Crippen LogP contribution in [0, 0.1) is 0 Å². The first-order valence-corrected chi connectivity index (χ1v) is 6.36. The van der Waals surface area contributed by atoms with Crippen molar-refractivity contribution in [1.29, 1.82) is 0 Å². The Bertz CT molecular complexity index is 405. The number of amides is 1. The first kappa shape index (κ1) is 11.3. The van der Waals surface area contributed by atoms with Crippen LogP contribution < -0.4 is 5.32 Å². The highest BCUT2D eigenvalue weighted by atomic mass is 32.2. The Morgan fingerprint density at radius 3 is 3.00 bits per heavy atom. The number of thioether (sulfide) groups is 1. The molecule has 0 unspecified atom stereocenters. The van der Waals surface area contributed by atoms with Crippen LogP contribution >= 0.6 is 11.8 Å². The van der Waals surface area contributed by atoms with Crippen molar-refractivity contribution in [2.45, 2.75) is 17.6 Å². The summed E-state index contributed by atoms with van der Waals surface area (Å²) in [6.45, 7) is 0.661. The van der Waals surface area contributed by atoms with Crippen molar-refractivity contribution in [2.24, 2.45) is 0 Å². The normalized spacial score (nSPS) is 16.8. The molecule has 0 aliphatic heterocycles. The molecule has 1 saturated carbocycles. The van der Waals surface area contributed by atoms with E-state index in [0.717, 1.165) is 12.8 Å². The average Bonchev–Trinajstić information content (AvgIpc) is 3.07. The van der Waals surface area contributed by atoms with Gasteiger partial charge in [-0.3, -0.25) is 9.78 Å². The van der Waals surface area contributed by atoms with Gasteiger partial charge >= 0.3 is 0 Å². The Balaban J connectivity index is 1.96. The molecule has 0 atom stereocenters. The highest BCUT2D eigenvalue weighted by Gasteiger charge is 2.42. The third kappa shape index (κ3) is 2.29. The van der Waals surface area contributed by atoms with Gasteiger partial charge < -0.3 is 10.4 Å². The number of rotatable bonds is 4. The summed E-state index contributed by atoms with van der Waals surface area (Å²) in [6.07, 6.45) is 7.13. The average molecular weight is 238 g/mol. The predicted octanol–water partition coefficient (Wildman–Crippen LogP) is 1.41. The lowest BCUT2D eigenvalue weighted by molar-refractivity contribution is 0.0950. The van der Waals surface area contributed by atoms with E-state index < -0.39 is 0 Å². The van der Waals surface area contributed by atoms with Crippen molar-refractivity contribution in [3.63, 3.8) is 0 Å². The van der Waals surface area contributed by atoms with Crippen LogP contribution in [0.3, 0.4) is 0 Å². The molecule has 86 valence electrons. The minimum Gasteiger partial charge on any atom is -0.505 e. The lowest BCUT2D eigenvalue weighted by Crippen LogP contribution is -2.31. The van der Waals surface area contributed by atoms with E-state index >= 15 is 0 Å². The standard InChI is InChI=1S/C11H14N2O2S/c1-16-11(3-4-11)7-13-10(15)8-2-5-12-6-9(8)14/h2,5-6,14H,3-4,7H2,1H3,(H,13,15). The molecule has 16 heavy (non-hydrogen) atoms. The molecule has 0 aromatic carbocycles. The summed E-state index contributed by atoms with van der Waals surface area (Å²) in [5, 5.41) is 12.3. The number of aromatic nitrogens is 1. The van der Waals surface area contributed by atoms with Crippen molar-refractivity contribution in [3.8, 4) is 5.75 Å². The summed E-state index contributed by atoms with van der Waals surface area (Å²) < 4.78 is 0.234. The number of aromatic hydroxyl groups is 1. The van der Waals surface area contributed by atoms with E-state index in [1.54, 1.807) is 11.8 Å². The number of carbonyl (C=O) groups is 1. The molecule has 1 aliphatic carbocycles. The molecule has 1 fully saturated rings. The summed E-state index contributed by atoms with van der Waals surface area (Å²) in [7, 11) is 0. The van der Waals surface area contributed by atoms with Gasteiger partial charge in [-0.25, -0.2) is 0 Å². The molecule has 0 bridgehead atoms. The SMILES string of the molecule is CSC1(CNC(=O)c2ccncc2O)CC1. The Hall–Kier alpha value is -1.23. The van der Waals surface area contributed by atoms with E-state index in [1.807, 2.05) is 0 Å². The minimum atomic E-state index is -0.236. The smallest absolute Gasteiger partial charge is 0.255 e. The second-order valence-electron chi connectivity index (χ2n) is 3.96. The van der Waals surface area contributed by atoms with Crippen LogP contribution in [0.25, 0.3) is 0 Å². The van der Waals surface area contributed by atoms with Crippen molar-refractivity contribution < 1.29 is 9.90 Å². The summed E-state index contributed by atoms with van der Waals surface area (Å²) in [4.78, 5) is 15.5. The summed E-state index contributed by atoms with van der Waals surface area (Å²) >= 11 is 1.79. The van der Waals surface area contributed by atoms with Crippen molar-refractivity contribution in [1.82, 2.24) is 10.3 Å². The lowest BCUT2D eigenvalue weighted by atomic mass is 10.2. The van der Waals surface area contributed by atoms with E-state index in [4.69, 9.17) is 0 Å². The summed E-state index contributed by atoms with van der Waals surface area (Å²) in [5.74, 6) is -0.311.